The van der Waals surface area contributed by atoms with Crippen molar-refractivity contribution in [2.45, 2.75) is 39.2 Å². The van der Waals surface area contributed by atoms with E-state index in [0.717, 1.165) is 0 Å². The maximum Gasteiger partial charge on any atom is 0.341 e. The van der Waals surface area contributed by atoms with Crippen molar-refractivity contribution >= 4 is 34.9 Å². The Bertz CT molecular complexity index is 1240. The molecule has 0 amide bonds. The third-order valence-corrected chi connectivity index (χ3v) is 4.80. The van der Waals surface area contributed by atoms with Crippen molar-refractivity contribution in [1.29, 1.82) is 0 Å². The maximum atomic E-state index is 11.9. The van der Waals surface area contributed by atoms with Crippen LogP contribution in [-0.2, 0) is 28.5 Å². The summed E-state index contributed by atoms with van der Waals surface area (Å²) in [4.78, 5) is 47.6. The molecular formula is C20H22N7O7. The molecule has 34 heavy (non-hydrogen) atoms. The third kappa shape index (κ3) is 4.66. The predicted octanol–water partition coefficient (Wildman–Crippen LogP) is 0.367. The van der Waals surface area contributed by atoms with Gasteiger partial charge in [0.25, 0.3) is 5.95 Å². The van der Waals surface area contributed by atoms with E-state index in [9.17, 15) is 14.4 Å². The lowest BCUT2D eigenvalue weighted by molar-refractivity contribution is -0.155. The molecule has 0 aliphatic carbocycles. The summed E-state index contributed by atoms with van der Waals surface area (Å²) in [5.41, 5.74) is 6.93. The first kappa shape index (κ1) is 23.1. The smallest absolute Gasteiger partial charge is 0.341 e. The molecule has 2 N–H and O–H groups in total. The van der Waals surface area contributed by atoms with Gasteiger partial charge in [-0.15, -0.1) is 0 Å². The molecule has 3 aromatic heterocycles. The quantitative estimate of drug-likeness (QED) is 0.370. The molecule has 179 valence electrons. The van der Waals surface area contributed by atoms with Crippen LogP contribution in [0.5, 0.6) is 0 Å². The van der Waals surface area contributed by atoms with Gasteiger partial charge in [-0.3, -0.25) is 14.2 Å². The highest BCUT2D eigenvalue weighted by Crippen LogP contribution is 2.33. The number of imidazole rings is 1. The minimum absolute atomic E-state index is 0.0814. The Hall–Kier alpha value is -4.07. The zero-order chi connectivity index (χ0) is 24.4. The zero-order valence-corrected chi connectivity index (χ0v) is 18.6. The fourth-order valence-electron chi connectivity index (χ4n) is 3.35. The lowest BCUT2D eigenvalue weighted by Gasteiger charge is -2.17. The summed E-state index contributed by atoms with van der Waals surface area (Å²) < 4.78 is 24.1. The molecule has 0 unspecified atom stereocenters. The van der Waals surface area contributed by atoms with Gasteiger partial charge in [-0.2, -0.15) is 15.1 Å². The van der Waals surface area contributed by atoms with Crippen molar-refractivity contribution in [3.63, 3.8) is 0 Å². The van der Waals surface area contributed by atoms with E-state index in [1.165, 1.54) is 37.3 Å². The first-order chi connectivity index (χ1) is 16.3. The first-order valence-corrected chi connectivity index (χ1v) is 10.3. The number of aromatic nitrogens is 6. The summed E-state index contributed by atoms with van der Waals surface area (Å²) in [6, 6.07) is 0. The van der Waals surface area contributed by atoms with Crippen molar-refractivity contribution in [3.8, 4) is 5.95 Å². The lowest BCUT2D eigenvalue weighted by atomic mass is 10.2. The van der Waals surface area contributed by atoms with E-state index >= 15 is 0 Å². The number of carbonyl (C=O) groups is 3. The van der Waals surface area contributed by atoms with Gasteiger partial charge in [-0.05, 0) is 6.92 Å². The van der Waals surface area contributed by atoms with E-state index in [0.29, 0.717) is 11.2 Å². The summed E-state index contributed by atoms with van der Waals surface area (Å²) in [6.07, 6.45) is 3.57. The second-order valence-electron chi connectivity index (χ2n) is 7.26. The Morgan fingerprint density at radius 2 is 1.97 bits per heavy atom. The summed E-state index contributed by atoms with van der Waals surface area (Å²) in [7, 11) is 0. The summed E-state index contributed by atoms with van der Waals surface area (Å²) in [5.74, 6) is -1.37. The summed E-state index contributed by atoms with van der Waals surface area (Å²) >= 11 is 0. The van der Waals surface area contributed by atoms with E-state index in [2.05, 4.69) is 20.1 Å². The van der Waals surface area contributed by atoms with Gasteiger partial charge in [0.1, 0.15) is 30.6 Å². The molecule has 1 aliphatic heterocycles. The minimum atomic E-state index is -0.767. The second kappa shape index (κ2) is 9.43. The molecule has 0 spiro atoms. The fourth-order valence-corrected chi connectivity index (χ4v) is 3.35. The Morgan fingerprint density at radius 3 is 2.68 bits per heavy atom. The van der Waals surface area contributed by atoms with Gasteiger partial charge in [0.15, 0.2) is 11.5 Å². The SMILES string of the molecule is CCOC(=O)c1cnn(-c2nc(N)c3ncn([C@H]4[CH][C@@H](OC(C)=O)[C@@H](COC(C)=O)O4)c3n2)c1. The van der Waals surface area contributed by atoms with Gasteiger partial charge < -0.3 is 24.7 Å². The van der Waals surface area contributed by atoms with Crippen LogP contribution < -0.4 is 5.73 Å². The molecule has 3 atom stereocenters. The number of carbonyl (C=O) groups excluding carboxylic acids is 3. The molecule has 1 fully saturated rings. The van der Waals surface area contributed by atoms with Crippen LogP contribution in [0.3, 0.4) is 0 Å². The van der Waals surface area contributed by atoms with Crippen molar-refractivity contribution in [1.82, 2.24) is 29.3 Å². The molecular weight excluding hydrogens is 450 g/mol. The molecule has 1 saturated heterocycles. The number of anilines is 1. The standard InChI is InChI=1S/C20H22N7O7/c1-4-31-19(30)12-6-23-27(7-12)20-24-17(21)16-18(25-20)26(9-22-16)15-5-13(33-11(3)29)14(34-15)8-32-10(2)28/h5-7,9,13-15H,4,8H2,1-3H3,(H2,21,24,25)/t13-,14-,15-/m1/s1. The second-order valence-corrected chi connectivity index (χ2v) is 7.26. The van der Waals surface area contributed by atoms with E-state index in [1.54, 1.807) is 17.9 Å². The maximum absolute atomic E-state index is 11.9. The van der Waals surface area contributed by atoms with E-state index in [-0.39, 0.29) is 30.5 Å². The molecule has 1 radical (unpaired) electrons. The normalized spacial score (nSPS) is 19.8. The molecule has 0 aromatic carbocycles. The molecule has 14 nitrogen and oxygen atoms in total. The number of nitrogen functional groups attached to an aromatic ring is 1. The summed E-state index contributed by atoms with van der Waals surface area (Å²) in [5, 5.41) is 4.11. The molecule has 14 heteroatoms. The highest BCUT2D eigenvalue weighted by atomic mass is 16.6. The average molecular weight is 472 g/mol. The van der Waals surface area contributed by atoms with Gasteiger partial charge in [0, 0.05) is 20.0 Å². The number of hydrogen-bond donors (Lipinski definition) is 1. The number of nitrogens with zero attached hydrogens (tertiary/aromatic N) is 6. The molecule has 4 heterocycles. The Kier molecular flexibility index (Phi) is 6.40. The van der Waals surface area contributed by atoms with Crippen LogP contribution in [0.25, 0.3) is 17.1 Å². The third-order valence-electron chi connectivity index (χ3n) is 4.80. The Balaban J connectivity index is 1.65. The Labute approximate surface area is 193 Å². The van der Waals surface area contributed by atoms with Gasteiger partial charge in [0.05, 0.1) is 31.1 Å². The van der Waals surface area contributed by atoms with Crippen LogP contribution in [0.4, 0.5) is 5.82 Å². The highest BCUT2D eigenvalue weighted by molar-refractivity contribution is 5.89. The topological polar surface area (TPSA) is 176 Å². The van der Waals surface area contributed by atoms with Gasteiger partial charge in [0.2, 0.25) is 0 Å². The molecule has 1 aliphatic rings. The van der Waals surface area contributed by atoms with Crippen LogP contribution in [0, 0.1) is 6.42 Å². The minimum Gasteiger partial charge on any atom is -0.463 e. The predicted molar refractivity (Wildman–Crippen MR) is 113 cm³/mol. The van der Waals surface area contributed by atoms with E-state index in [1.807, 2.05) is 0 Å². The highest BCUT2D eigenvalue weighted by Gasteiger charge is 2.40. The van der Waals surface area contributed by atoms with Gasteiger partial charge >= 0.3 is 17.9 Å². The lowest BCUT2D eigenvalue weighted by Crippen LogP contribution is -2.31. The van der Waals surface area contributed by atoms with E-state index in [4.69, 9.17) is 24.7 Å². The van der Waals surface area contributed by atoms with Gasteiger partial charge in [-0.1, -0.05) is 0 Å². The summed E-state index contributed by atoms with van der Waals surface area (Å²) in [6.45, 7) is 4.35. The van der Waals surface area contributed by atoms with Crippen molar-refractivity contribution in [2.75, 3.05) is 18.9 Å². The first-order valence-electron chi connectivity index (χ1n) is 10.3. The number of esters is 3. The molecule has 0 saturated carbocycles. The van der Waals surface area contributed by atoms with Crippen molar-refractivity contribution in [3.05, 3.63) is 30.7 Å². The number of ether oxygens (including phenoxy) is 4. The van der Waals surface area contributed by atoms with Crippen LogP contribution in [0.1, 0.15) is 37.4 Å². The van der Waals surface area contributed by atoms with Crippen LogP contribution in [-0.4, -0.2) is 72.6 Å². The number of rotatable bonds is 7. The van der Waals surface area contributed by atoms with Crippen molar-refractivity contribution < 1.29 is 33.3 Å². The number of hydrogen-bond acceptors (Lipinski definition) is 12. The van der Waals surface area contributed by atoms with Crippen molar-refractivity contribution in [2.24, 2.45) is 0 Å². The molecule has 0 bridgehead atoms. The molecule has 4 rings (SSSR count). The van der Waals surface area contributed by atoms with Crippen LogP contribution in [0.15, 0.2) is 18.7 Å². The molecule has 3 aromatic rings. The number of fused-ring (bicyclic) bond motifs is 1. The number of nitrogens with two attached hydrogens (primary N) is 1. The Morgan fingerprint density at radius 1 is 1.18 bits per heavy atom. The van der Waals surface area contributed by atoms with E-state index < -0.39 is 36.3 Å². The zero-order valence-electron chi connectivity index (χ0n) is 18.6. The van der Waals surface area contributed by atoms with Crippen LogP contribution >= 0.6 is 0 Å². The average Bonchev–Trinajstić information content (AvgIpc) is 3.50. The van der Waals surface area contributed by atoms with Gasteiger partial charge in [-0.25, -0.2) is 14.5 Å². The largest absolute Gasteiger partial charge is 0.463 e. The van der Waals surface area contributed by atoms with Crippen LogP contribution in [0.2, 0.25) is 0 Å². The monoisotopic (exact) mass is 472 g/mol. The fraction of sp³-hybridized carbons (Fsp3) is 0.400.